The normalized spacial score (nSPS) is 28.9. The number of hydrogen-bond donors (Lipinski definition) is 2. The Morgan fingerprint density at radius 3 is 2.88 bits per heavy atom. The van der Waals surface area contributed by atoms with Crippen molar-refractivity contribution in [2.24, 2.45) is 0 Å². The summed E-state index contributed by atoms with van der Waals surface area (Å²) < 4.78 is 0. The van der Waals surface area contributed by atoms with Gasteiger partial charge in [-0.2, -0.15) is 0 Å². The summed E-state index contributed by atoms with van der Waals surface area (Å²) in [6, 6.07) is 0.156. The maximum Gasteiger partial charge on any atom is 0.239 e. The van der Waals surface area contributed by atoms with Crippen molar-refractivity contribution in [2.45, 2.75) is 44.7 Å². The van der Waals surface area contributed by atoms with Gasteiger partial charge in [-0.1, -0.05) is 6.92 Å². The van der Waals surface area contributed by atoms with Crippen molar-refractivity contribution in [3.63, 3.8) is 0 Å². The van der Waals surface area contributed by atoms with Crippen LogP contribution in [0.4, 0.5) is 0 Å². The Morgan fingerprint density at radius 2 is 2.24 bits per heavy atom. The summed E-state index contributed by atoms with van der Waals surface area (Å²) in [5.74, 6) is 0.307. The molecule has 2 atom stereocenters. The minimum atomic E-state index is -0.00736. The van der Waals surface area contributed by atoms with E-state index >= 15 is 0 Å². The Morgan fingerprint density at radius 1 is 1.41 bits per heavy atom. The first-order valence-electron chi connectivity index (χ1n) is 6.52. The lowest BCUT2D eigenvalue weighted by Crippen LogP contribution is -2.43. The molecule has 2 amide bonds. The van der Waals surface area contributed by atoms with Crippen LogP contribution in [0.2, 0.25) is 0 Å². The maximum absolute atomic E-state index is 12.0. The molecule has 96 valence electrons. The summed E-state index contributed by atoms with van der Waals surface area (Å²) in [5, 5.41) is 6.17. The molecular weight excluding hydrogens is 218 g/mol. The van der Waals surface area contributed by atoms with Crippen molar-refractivity contribution in [3.8, 4) is 0 Å². The predicted molar refractivity (Wildman–Crippen MR) is 64.4 cm³/mol. The van der Waals surface area contributed by atoms with Gasteiger partial charge >= 0.3 is 0 Å². The highest BCUT2D eigenvalue weighted by Crippen LogP contribution is 2.15. The fourth-order valence-corrected chi connectivity index (χ4v) is 2.51. The molecule has 5 heteroatoms. The largest absolute Gasteiger partial charge is 0.352 e. The van der Waals surface area contributed by atoms with E-state index < -0.39 is 0 Å². The Balaban J connectivity index is 1.79. The van der Waals surface area contributed by atoms with Crippen molar-refractivity contribution in [1.29, 1.82) is 0 Å². The topological polar surface area (TPSA) is 61.4 Å². The molecule has 0 radical (unpaired) electrons. The zero-order valence-corrected chi connectivity index (χ0v) is 10.4. The molecule has 0 bridgehead atoms. The van der Waals surface area contributed by atoms with E-state index in [4.69, 9.17) is 0 Å². The number of nitrogens with zero attached hydrogens (tertiary/aromatic N) is 1. The van der Waals surface area contributed by atoms with E-state index in [2.05, 4.69) is 17.6 Å². The van der Waals surface area contributed by atoms with Gasteiger partial charge in [0.1, 0.15) is 0 Å². The quantitative estimate of drug-likeness (QED) is 0.702. The van der Waals surface area contributed by atoms with Gasteiger partial charge in [-0.25, -0.2) is 0 Å². The van der Waals surface area contributed by atoms with Crippen LogP contribution in [0, 0.1) is 0 Å². The molecule has 2 unspecified atom stereocenters. The number of amides is 2. The second-order valence-electron chi connectivity index (χ2n) is 4.88. The van der Waals surface area contributed by atoms with E-state index in [1.807, 2.05) is 4.90 Å². The highest BCUT2D eigenvalue weighted by molar-refractivity contribution is 5.84. The predicted octanol–water partition coefficient (Wildman–Crippen LogP) is -0.134. The summed E-state index contributed by atoms with van der Waals surface area (Å²) in [6.45, 7) is 4.48. The van der Waals surface area contributed by atoms with Gasteiger partial charge < -0.3 is 15.5 Å². The Labute approximate surface area is 102 Å². The lowest BCUT2D eigenvalue weighted by molar-refractivity contribution is -0.130. The minimum Gasteiger partial charge on any atom is -0.352 e. The third-order valence-electron chi connectivity index (χ3n) is 3.46. The van der Waals surface area contributed by atoms with Crippen molar-refractivity contribution >= 4 is 11.8 Å². The highest BCUT2D eigenvalue weighted by Gasteiger charge is 2.33. The molecular formula is C12H21N3O2. The number of carbonyl (C=O) groups excluding carboxylic acids is 2. The molecule has 0 aromatic carbocycles. The van der Waals surface area contributed by atoms with Crippen LogP contribution in [0.1, 0.15) is 32.6 Å². The van der Waals surface area contributed by atoms with Gasteiger partial charge in [0.2, 0.25) is 11.8 Å². The molecule has 2 rings (SSSR count). The van der Waals surface area contributed by atoms with Crippen molar-refractivity contribution in [3.05, 3.63) is 0 Å². The number of carbonyl (C=O) groups is 2. The number of rotatable bonds is 5. The summed E-state index contributed by atoms with van der Waals surface area (Å²) in [7, 11) is 0. The molecule has 17 heavy (non-hydrogen) atoms. The van der Waals surface area contributed by atoms with Crippen LogP contribution in [0.3, 0.4) is 0 Å². The summed E-state index contributed by atoms with van der Waals surface area (Å²) in [6.07, 6.45) is 3.39. The molecule has 0 saturated carbocycles. The molecule has 0 aromatic rings. The van der Waals surface area contributed by atoms with E-state index in [9.17, 15) is 9.59 Å². The SMILES string of the molecule is CCCNC1CCN(CC2CCC(=O)N2)C1=O. The van der Waals surface area contributed by atoms with E-state index in [0.717, 1.165) is 32.4 Å². The second kappa shape index (κ2) is 5.49. The van der Waals surface area contributed by atoms with Crippen LogP contribution < -0.4 is 10.6 Å². The summed E-state index contributed by atoms with van der Waals surface area (Å²) in [4.78, 5) is 25.0. The minimum absolute atomic E-state index is 0.00736. The molecule has 0 aliphatic carbocycles. The average Bonchev–Trinajstić information content (AvgIpc) is 2.86. The molecule has 2 saturated heterocycles. The van der Waals surface area contributed by atoms with Crippen LogP contribution in [0.25, 0.3) is 0 Å². The van der Waals surface area contributed by atoms with Gasteiger partial charge in [0.25, 0.3) is 0 Å². The van der Waals surface area contributed by atoms with E-state index in [1.54, 1.807) is 0 Å². The monoisotopic (exact) mass is 239 g/mol. The van der Waals surface area contributed by atoms with Crippen molar-refractivity contribution in [2.75, 3.05) is 19.6 Å². The molecule has 2 fully saturated rings. The standard InChI is InChI=1S/C12H21N3O2/c1-2-6-13-10-5-7-15(12(10)17)8-9-3-4-11(16)14-9/h9-10,13H,2-8H2,1H3,(H,14,16). The van der Waals surface area contributed by atoms with Crippen LogP contribution in [-0.2, 0) is 9.59 Å². The third-order valence-corrected chi connectivity index (χ3v) is 3.46. The lowest BCUT2D eigenvalue weighted by Gasteiger charge is -2.21. The number of hydrogen-bond acceptors (Lipinski definition) is 3. The summed E-state index contributed by atoms with van der Waals surface area (Å²) >= 11 is 0. The molecule has 0 aromatic heterocycles. The first kappa shape index (κ1) is 12.4. The van der Waals surface area contributed by atoms with Gasteiger partial charge in [-0.3, -0.25) is 9.59 Å². The Hall–Kier alpha value is -1.10. The fraction of sp³-hybridized carbons (Fsp3) is 0.833. The van der Waals surface area contributed by atoms with E-state index in [0.29, 0.717) is 13.0 Å². The van der Waals surface area contributed by atoms with Gasteiger partial charge in [-0.15, -0.1) is 0 Å². The first-order chi connectivity index (χ1) is 8.20. The number of likely N-dealkylation sites (tertiary alicyclic amines) is 1. The van der Waals surface area contributed by atoms with E-state index in [-0.39, 0.29) is 23.9 Å². The van der Waals surface area contributed by atoms with Gasteiger partial charge in [0, 0.05) is 25.6 Å². The maximum atomic E-state index is 12.0. The summed E-state index contributed by atoms with van der Waals surface area (Å²) in [5.41, 5.74) is 0. The Bertz CT molecular complexity index is 306. The van der Waals surface area contributed by atoms with E-state index in [1.165, 1.54) is 0 Å². The molecule has 2 aliphatic rings. The van der Waals surface area contributed by atoms with Gasteiger partial charge in [0.05, 0.1) is 6.04 Å². The van der Waals surface area contributed by atoms with Gasteiger partial charge in [0.15, 0.2) is 0 Å². The van der Waals surface area contributed by atoms with Crippen LogP contribution >= 0.6 is 0 Å². The Kier molecular flexibility index (Phi) is 3.99. The molecule has 2 heterocycles. The molecule has 2 N–H and O–H groups in total. The van der Waals surface area contributed by atoms with Crippen molar-refractivity contribution < 1.29 is 9.59 Å². The van der Waals surface area contributed by atoms with Crippen molar-refractivity contribution in [1.82, 2.24) is 15.5 Å². The lowest BCUT2D eigenvalue weighted by atomic mass is 10.2. The van der Waals surface area contributed by atoms with Gasteiger partial charge in [-0.05, 0) is 25.8 Å². The van der Waals surface area contributed by atoms with Crippen LogP contribution in [0.5, 0.6) is 0 Å². The molecule has 5 nitrogen and oxygen atoms in total. The fourth-order valence-electron chi connectivity index (χ4n) is 2.51. The highest BCUT2D eigenvalue weighted by atomic mass is 16.2. The average molecular weight is 239 g/mol. The van der Waals surface area contributed by atoms with Crippen LogP contribution in [-0.4, -0.2) is 48.4 Å². The first-order valence-corrected chi connectivity index (χ1v) is 6.52. The number of nitrogens with one attached hydrogen (secondary N) is 2. The third kappa shape index (κ3) is 2.97. The molecule has 0 spiro atoms. The molecule has 2 aliphatic heterocycles. The zero-order valence-electron chi connectivity index (χ0n) is 10.4. The van der Waals surface area contributed by atoms with Crippen LogP contribution in [0.15, 0.2) is 0 Å². The second-order valence-corrected chi connectivity index (χ2v) is 4.88. The smallest absolute Gasteiger partial charge is 0.239 e. The zero-order chi connectivity index (χ0) is 12.3.